The van der Waals surface area contributed by atoms with Gasteiger partial charge >= 0.3 is 0 Å². The summed E-state index contributed by atoms with van der Waals surface area (Å²) in [7, 11) is 0. The van der Waals surface area contributed by atoms with Crippen molar-refractivity contribution in [1.29, 1.82) is 0 Å². The van der Waals surface area contributed by atoms with Crippen LogP contribution in [0.4, 0.5) is 0 Å². The minimum atomic E-state index is 1.01. The van der Waals surface area contributed by atoms with Gasteiger partial charge in [0.25, 0.3) is 0 Å². The van der Waals surface area contributed by atoms with Crippen LogP contribution in [-0.4, -0.2) is 0 Å². The Morgan fingerprint density at radius 1 is 0.667 bits per heavy atom. The summed E-state index contributed by atoms with van der Waals surface area (Å²) < 4.78 is 0. The highest BCUT2D eigenvalue weighted by Gasteiger charge is 1.79. The Kier molecular flexibility index (Phi) is 14.4. The fraction of sp³-hybridized carbons (Fsp3) is 0.556. The lowest BCUT2D eigenvalue weighted by Crippen LogP contribution is -1.70. The molecular formula is C18H26. The highest BCUT2D eigenvalue weighted by molar-refractivity contribution is 5.24. The van der Waals surface area contributed by atoms with Crippen molar-refractivity contribution < 1.29 is 0 Å². The van der Waals surface area contributed by atoms with Crippen LogP contribution in [0.3, 0.4) is 0 Å². The van der Waals surface area contributed by atoms with Crippen molar-refractivity contribution in [2.24, 2.45) is 0 Å². The molecule has 0 saturated heterocycles. The molecule has 0 bridgehead atoms. The van der Waals surface area contributed by atoms with Crippen molar-refractivity contribution in [1.82, 2.24) is 0 Å². The number of unbranched alkanes of at least 4 members (excludes halogenated alkanes) is 6. The fourth-order valence-corrected chi connectivity index (χ4v) is 1.40. The van der Waals surface area contributed by atoms with Gasteiger partial charge in [0.15, 0.2) is 0 Å². The summed E-state index contributed by atoms with van der Waals surface area (Å²) in [6.45, 7) is 4.42. The van der Waals surface area contributed by atoms with E-state index in [1.807, 2.05) is 24.3 Å². The number of hydrogen-bond acceptors (Lipinski definition) is 0. The Labute approximate surface area is 114 Å². The van der Waals surface area contributed by atoms with Gasteiger partial charge in [-0.25, -0.2) is 0 Å². The first-order chi connectivity index (χ1) is 8.91. The van der Waals surface area contributed by atoms with E-state index in [-0.39, 0.29) is 0 Å². The lowest BCUT2D eigenvalue weighted by molar-refractivity contribution is 0.737. The Morgan fingerprint density at radius 3 is 1.50 bits per heavy atom. The minimum absolute atomic E-state index is 1.01. The molecular weight excluding hydrogens is 216 g/mol. The third kappa shape index (κ3) is 14.6. The van der Waals surface area contributed by atoms with Gasteiger partial charge in [-0.1, -0.05) is 75.4 Å². The topological polar surface area (TPSA) is 0 Å². The standard InChI is InChI=1S/C18H26/c1-3-5-7-9-11-13-15-17-18-16-14-12-10-8-6-4-2/h15-18H,3-10H2,1-2H3/b17-15+,18-16+. The molecule has 98 valence electrons. The smallest absolute Gasteiger partial charge is 0.00922 e. The second-order valence-electron chi connectivity index (χ2n) is 4.27. The summed E-state index contributed by atoms with van der Waals surface area (Å²) in [5.41, 5.74) is 0. The first kappa shape index (κ1) is 16.6. The molecule has 0 heteroatoms. The quantitative estimate of drug-likeness (QED) is 0.324. The molecule has 0 unspecified atom stereocenters. The van der Waals surface area contributed by atoms with Gasteiger partial charge in [0.05, 0.1) is 0 Å². The maximum absolute atomic E-state index is 3.14. The molecule has 0 aliphatic heterocycles. The molecule has 0 rings (SSSR count). The van der Waals surface area contributed by atoms with Gasteiger partial charge in [-0.2, -0.15) is 0 Å². The van der Waals surface area contributed by atoms with Crippen molar-refractivity contribution >= 4 is 0 Å². The molecule has 0 heterocycles. The first-order valence-electron chi connectivity index (χ1n) is 7.20. The lowest BCUT2D eigenvalue weighted by Gasteiger charge is -1.87. The molecule has 0 aromatic heterocycles. The van der Waals surface area contributed by atoms with Crippen LogP contribution in [-0.2, 0) is 0 Å². The molecule has 0 radical (unpaired) electrons. The molecule has 0 atom stereocenters. The zero-order valence-electron chi connectivity index (χ0n) is 12.0. The van der Waals surface area contributed by atoms with Crippen LogP contribution in [0, 0.1) is 23.7 Å². The normalized spacial score (nSPS) is 10.1. The van der Waals surface area contributed by atoms with Gasteiger partial charge < -0.3 is 0 Å². The summed E-state index contributed by atoms with van der Waals surface area (Å²) in [5, 5.41) is 0. The van der Waals surface area contributed by atoms with Crippen molar-refractivity contribution in [3.63, 3.8) is 0 Å². The molecule has 18 heavy (non-hydrogen) atoms. The van der Waals surface area contributed by atoms with E-state index < -0.39 is 0 Å². The second-order valence-corrected chi connectivity index (χ2v) is 4.27. The van der Waals surface area contributed by atoms with E-state index >= 15 is 0 Å². The van der Waals surface area contributed by atoms with Crippen molar-refractivity contribution in [2.45, 2.75) is 65.2 Å². The van der Waals surface area contributed by atoms with Gasteiger partial charge in [-0.3, -0.25) is 0 Å². The Hall–Kier alpha value is -1.40. The van der Waals surface area contributed by atoms with Gasteiger partial charge in [-0.15, -0.1) is 0 Å². The highest BCUT2D eigenvalue weighted by Crippen LogP contribution is 1.97. The van der Waals surface area contributed by atoms with Crippen LogP contribution in [0.25, 0.3) is 0 Å². The maximum atomic E-state index is 3.14. The Morgan fingerprint density at radius 2 is 1.11 bits per heavy atom. The molecule has 0 amide bonds. The van der Waals surface area contributed by atoms with E-state index in [1.54, 1.807) is 0 Å². The number of hydrogen-bond donors (Lipinski definition) is 0. The Bertz CT molecular complexity index is 300. The summed E-state index contributed by atoms with van der Waals surface area (Å²) in [6.07, 6.45) is 17.2. The Balaban J connectivity index is 3.55. The summed E-state index contributed by atoms with van der Waals surface area (Å²) in [6, 6.07) is 0. The van der Waals surface area contributed by atoms with Crippen molar-refractivity contribution in [3.8, 4) is 23.7 Å². The molecule has 0 nitrogen and oxygen atoms in total. The van der Waals surface area contributed by atoms with Gasteiger partial charge in [-0.05, 0) is 25.0 Å². The van der Waals surface area contributed by atoms with Crippen LogP contribution in [0.15, 0.2) is 24.3 Å². The average Bonchev–Trinajstić information content (AvgIpc) is 2.39. The first-order valence-corrected chi connectivity index (χ1v) is 7.20. The van der Waals surface area contributed by atoms with E-state index in [0.717, 1.165) is 12.8 Å². The van der Waals surface area contributed by atoms with Crippen LogP contribution >= 0.6 is 0 Å². The van der Waals surface area contributed by atoms with Crippen LogP contribution < -0.4 is 0 Å². The SMILES string of the molecule is CCCCCC#C/C=C/C=C/C#CCCCCC. The van der Waals surface area contributed by atoms with E-state index in [1.165, 1.54) is 38.5 Å². The molecule has 0 spiro atoms. The molecule has 0 N–H and O–H groups in total. The monoisotopic (exact) mass is 242 g/mol. The second kappa shape index (κ2) is 15.6. The summed E-state index contributed by atoms with van der Waals surface area (Å²) in [5.74, 6) is 12.3. The zero-order chi connectivity index (χ0) is 13.3. The minimum Gasteiger partial charge on any atom is -0.0985 e. The van der Waals surface area contributed by atoms with Crippen molar-refractivity contribution in [3.05, 3.63) is 24.3 Å². The average molecular weight is 242 g/mol. The molecule has 0 aromatic carbocycles. The van der Waals surface area contributed by atoms with Gasteiger partial charge in [0.1, 0.15) is 0 Å². The molecule has 0 aliphatic carbocycles. The van der Waals surface area contributed by atoms with Crippen molar-refractivity contribution in [2.75, 3.05) is 0 Å². The van der Waals surface area contributed by atoms with E-state index in [9.17, 15) is 0 Å². The highest BCUT2D eigenvalue weighted by atomic mass is 13.8. The fourth-order valence-electron chi connectivity index (χ4n) is 1.40. The van der Waals surface area contributed by atoms with Gasteiger partial charge in [0, 0.05) is 12.8 Å². The predicted octanol–water partition coefficient (Wildman–Crippen LogP) is 5.27. The van der Waals surface area contributed by atoms with Gasteiger partial charge in [0.2, 0.25) is 0 Å². The molecule has 0 saturated carbocycles. The lowest BCUT2D eigenvalue weighted by atomic mass is 10.2. The zero-order valence-corrected chi connectivity index (χ0v) is 12.0. The van der Waals surface area contributed by atoms with Crippen LogP contribution in [0.1, 0.15) is 65.2 Å². The van der Waals surface area contributed by atoms with E-state index in [4.69, 9.17) is 0 Å². The predicted molar refractivity (Wildman–Crippen MR) is 82.1 cm³/mol. The molecule has 0 aromatic rings. The third-order valence-electron chi connectivity index (χ3n) is 2.49. The van der Waals surface area contributed by atoms with Crippen LogP contribution in [0.5, 0.6) is 0 Å². The largest absolute Gasteiger partial charge is 0.0985 e. The summed E-state index contributed by atoms with van der Waals surface area (Å²) >= 11 is 0. The molecule has 0 aliphatic rings. The number of allylic oxidation sites excluding steroid dienone is 4. The summed E-state index contributed by atoms with van der Waals surface area (Å²) in [4.78, 5) is 0. The van der Waals surface area contributed by atoms with Crippen LogP contribution in [0.2, 0.25) is 0 Å². The third-order valence-corrected chi connectivity index (χ3v) is 2.49. The van der Waals surface area contributed by atoms with E-state index in [0.29, 0.717) is 0 Å². The van der Waals surface area contributed by atoms with E-state index in [2.05, 4.69) is 37.5 Å². The molecule has 0 fully saturated rings. The number of rotatable bonds is 7. The maximum Gasteiger partial charge on any atom is 0.00922 e.